The number of aryl methyl sites for hydroxylation is 1. The molecule has 0 bridgehead atoms. The van der Waals surface area contributed by atoms with E-state index in [0.717, 1.165) is 23.4 Å². The summed E-state index contributed by atoms with van der Waals surface area (Å²) in [6.07, 6.45) is 1.71. The highest BCUT2D eigenvalue weighted by molar-refractivity contribution is 5.73. The lowest BCUT2D eigenvalue weighted by molar-refractivity contribution is 0.507. The molecule has 1 heterocycles. The average Bonchev–Trinajstić information content (AvgIpc) is 2.57. The third-order valence-electron chi connectivity index (χ3n) is 2.40. The maximum Gasteiger partial charge on any atom is 0.197 e. The van der Waals surface area contributed by atoms with Crippen LogP contribution >= 0.6 is 0 Å². The van der Waals surface area contributed by atoms with Crippen LogP contribution in [-0.2, 0) is 12.8 Å². The molecule has 0 amide bonds. The van der Waals surface area contributed by atoms with Gasteiger partial charge in [-0.05, 0) is 31.0 Å². The Labute approximate surface area is 89.3 Å². The molecule has 1 atom stereocenters. The Kier molecular flexibility index (Phi) is 2.73. The molecule has 80 valence electrons. The van der Waals surface area contributed by atoms with Gasteiger partial charge in [-0.1, -0.05) is 13.0 Å². The monoisotopic (exact) mass is 204 g/mol. The van der Waals surface area contributed by atoms with Crippen LogP contribution < -0.4 is 5.73 Å². The number of nitrogens with zero attached hydrogens (tertiary/aromatic N) is 1. The maximum atomic E-state index is 5.70. The van der Waals surface area contributed by atoms with Crippen molar-refractivity contribution in [2.45, 2.75) is 32.7 Å². The van der Waals surface area contributed by atoms with E-state index in [4.69, 9.17) is 10.2 Å². The van der Waals surface area contributed by atoms with Gasteiger partial charge in [0.1, 0.15) is 5.52 Å². The Morgan fingerprint density at radius 3 is 2.93 bits per heavy atom. The van der Waals surface area contributed by atoms with Gasteiger partial charge in [-0.2, -0.15) is 0 Å². The Balaban J connectivity index is 2.37. The minimum atomic E-state index is 0.0868. The van der Waals surface area contributed by atoms with E-state index in [1.54, 1.807) is 0 Å². The number of hydrogen-bond donors (Lipinski definition) is 1. The summed E-state index contributed by atoms with van der Waals surface area (Å²) in [6, 6.07) is 6.21. The van der Waals surface area contributed by atoms with Gasteiger partial charge in [-0.3, -0.25) is 0 Å². The van der Waals surface area contributed by atoms with Crippen molar-refractivity contribution in [3.63, 3.8) is 0 Å². The highest BCUT2D eigenvalue weighted by atomic mass is 16.3. The number of benzene rings is 1. The molecule has 1 aromatic heterocycles. The second-order valence-electron chi connectivity index (χ2n) is 3.94. The Bertz CT molecular complexity index is 460. The lowest BCUT2D eigenvalue weighted by atomic mass is 10.1. The first-order valence-electron chi connectivity index (χ1n) is 5.33. The van der Waals surface area contributed by atoms with Gasteiger partial charge in [-0.25, -0.2) is 4.98 Å². The highest BCUT2D eigenvalue weighted by Crippen LogP contribution is 2.18. The summed E-state index contributed by atoms with van der Waals surface area (Å²) in [5.41, 5.74) is 8.77. The van der Waals surface area contributed by atoms with Crippen LogP contribution in [-0.4, -0.2) is 11.0 Å². The van der Waals surface area contributed by atoms with Crippen LogP contribution in [0.25, 0.3) is 11.1 Å². The molecule has 3 heteroatoms. The molecule has 0 saturated heterocycles. The first-order valence-corrected chi connectivity index (χ1v) is 5.33. The Hall–Kier alpha value is -1.35. The molecule has 0 spiro atoms. The van der Waals surface area contributed by atoms with Crippen molar-refractivity contribution < 1.29 is 4.42 Å². The zero-order valence-corrected chi connectivity index (χ0v) is 9.16. The van der Waals surface area contributed by atoms with Gasteiger partial charge in [0, 0.05) is 12.5 Å². The number of hydrogen-bond acceptors (Lipinski definition) is 3. The summed E-state index contributed by atoms with van der Waals surface area (Å²) in [7, 11) is 0. The van der Waals surface area contributed by atoms with Crippen LogP contribution in [0.5, 0.6) is 0 Å². The van der Waals surface area contributed by atoms with Gasteiger partial charge < -0.3 is 10.2 Å². The minimum Gasteiger partial charge on any atom is -0.441 e. The van der Waals surface area contributed by atoms with E-state index in [2.05, 4.69) is 24.0 Å². The SMILES string of the molecule is CCc1ccc2oc(CC(C)N)nc2c1. The molecule has 0 aliphatic heterocycles. The fourth-order valence-corrected chi connectivity index (χ4v) is 1.60. The minimum absolute atomic E-state index is 0.0868. The second kappa shape index (κ2) is 4.03. The third-order valence-corrected chi connectivity index (χ3v) is 2.40. The molecule has 15 heavy (non-hydrogen) atoms. The molecule has 0 aliphatic carbocycles. The summed E-state index contributed by atoms with van der Waals surface area (Å²) in [5.74, 6) is 0.730. The molecule has 0 fully saturated rings. The number of fused-ring (bicyclic) bond motifs is 1. The summed E-state index contributed by atoms with van der Waals surface area (Å²) in [5, 5.41) is 0. The van der Waals surface area contributed by atoms with Crippen molar-refractivity contribution >= 4 is 11.1 Å². The van der Waals surface area contributed by atoms with Crippen molar-refractivity contribution in [1.82, 2.24) is 4.98 Å². The quantitative estimate of drug-likeness (QED) is 0.834. The lowest BCUT2D eigenvalue weighted by Crippen LogP contribution is -2.17. The standard InChI is InChI=1S/C12H16N2O/c1-3-9-4-5-11-10(7-9)14-12(15-11)6-8(2)13/h4-5,7-8H,3,6,13H2,1-2H3. The predicted molar refractivity (Wildman–Crippen MR) is 60.7 cm³/mol. The van der Waals surface area contributed by atoms with Crippen molar-refractivity contribution in [2.75, 3.05) is 0 Å². The molecular weight excluding hydrogens is 188 g/mol. The lowest BCUT2D eigenvalue weighted by Gasteiger charge is -1.97. The van der Waals surface area contributed by atoms with Crippen molar-refractivity contribution in [2.24, 2.45) is 5.73 Å². The topological polar surface area (TPSA) is 52.0 Å². The summed E-state index contributed by atoms with van der Waals surface area (Å²) in [4.78, 5) is 4.41. The number of rotatable bonds is 3. The molecule has 3 nitrogen and oxygen atoms in total. The Morgan fingerprint density at radius 2 is 2.27 bits per heavy atom. The van der Waals surface area contributed by atoms with E-state index in [1.807, 2.05) is 13.0 Å². The van der Waals surface area contributed by atoms with Crippen LogP contribution in [0.2, 0.25) is 0 Å². The maximum absolute atomic E-state index is 5.70. The molecule has 2 rings (SSSR count). The average molecular weight is 204 g/mol. The summed E-state index contributed by atoms with van der Waals surface area (Å²) >= 11 is 0. The van der Waals surface area contributed by atoms with E-state index >= 15 is 0 Å². The van der Waals surface area contributed by atoms with Gasteiger partial charge in [0.15, 0.2) is 11.5 Å². The van der Waals surface area contributed by atoms with Crippen LogP contribution in [0.3, 0.4) is 0 Å². The molecular formula is C12H16N2O. The van der Waals surface area contributed by atoms with E-state index in [9.17, 15) is 0 Å². The van der Waals surface area contributed by atoms with Gasteiger partial charge in [0.2, 0.25) is 0 Å². The molecule has 0 aliphatic rings. The zero-order chi connectivity index (χ0) is 10.8. The molecule has 0 radical (unpaired) electrons. The van der Waals surface area contributed by atoms with E-state index < -0.39 is 0 Å². The van der Waals surface area contributed by atoms with E-state index in [1.165, 1.54) is 5.56 Å². The number of aromatic nitrogens is 1. The highest BCUT2D eigenvalue weighted by Gasteiger charge is 2.07. The van der Waals surface area contributed by atoms with Crippen molar-refractivity contribution in [3.05, 3.63) is 29.7 Å². The second-order valence-corrected chi connectivity index (χ2v) is 3.94. The largest absolute Gasteiger partial charge is 0.441 e. The smallest absolute Gasteiger partial charge is 0.197 e. The van der Waals surface area contributed by atoms with Gasteiger partial charge in [-0.15, -0.1) is 0 Å². The molecule has 1 unspecified atom stereocenters. The normalized spacial score (nSPS) is 13.3. The van der Waals surface area contributed by atoms with Gasteiger partial charge in [0.25, 0.3) is 0 Å². The van der Waals surface area contributed by atoms with Crippen LogP contribution in [0, 0.1) is 0 Å². The molecule has 0 saturated carbocycles. The van der Waals surface area contributed by atoms with Crippen molar-refractivity contribution in [3.8, 4) is 0 Å². The van der Waals surface area contributed by atoms with E-state index in [-0.39, 0.29) is 6.04 Å². The fourth-order valence-electron chi connectivity index (χ4n) is 1.60. The van der Waals surface area contributed by atoms with E-state index in [0.29, 0.717) is 6.42 Å². The summed E-state index contributed by atoms with van der Waals surface area (Å²) in [6.45, 7) is 4.08. The third kappa shape index (κ3) is 2.18. The van der Waals surface area contributed by atoms with Crippen molar-refractivity contribution in [1.29, 1.82) is 0 Å². The van der Waals surface area contributed by atoms with Gasteiger partial charge >= 0.3 is 0 Å². The first-order chi connectivity index (χ1) is 7.19. The molecule has 1 aromatic carbocycles. The van der Waals surface area contributed by atoms with Crippen LogP contribution in [0.4, 0.5) is 0 Å². The fraction of sp³-hybridized carbons (Fsp3) is 0.417. The Morgan fingerprint density at radius 1 is 1.47 bits per heavy atom. The number of oxazole rings is 1. The van der Waals surface area contributed by atoms with Crippen LogP contribution in [0.15, 0.2) is 22.6 Å². The molecule has 2 N–H and O–H groups in total. The first kappa shape index (κ1) is 10.2. The predicted octanol–water partition coefficient (Wildman–Crippen LogP) is 2.28. The molecule has 2 aromatic rings. The summed E-state index contributed by atoms with van der Waals surface area (Å²) < 4.78 is 5.59. The zero-order valence-electron chi connectivity index (χ0n) is 9.16. The number of nitrogens with two attached hydrogens (primary N) is 1. The van der Waals surface area contributed by atoms with Crippen LogP contribution in [0.1, 0.15) is 25.3 Å². The van der Waals surface area contributed by atoms with Gasteiger partial charge in [0.05, 0.1) is 0 Å².